The second-order valence-electron chi connectivity index (χ2n) is 4.91. The summed E-state index contributed by atoms with van der Waals surface area (Å²) in [7, 11) is 0. The van der Waals surface area contributed by atoms with Crippen molar-refractivity contribution in [2.45, 2.75) is 6.92 Å². The third kappa shape index (κ3) is 3.78. The number of thiazole rings is 1. The third-order valence-corrected chi connectivity index (χ3v) is 4.01. The summed E-state index contributed by atoms with van der Waals surface area (Å²) >= 11 is 1.48. The number of hydrogen-bond acceptors (Lipinski definition) is 4. The van der Waals surface area contributed by atoms with E-state index in [-0.39, 0.29) is 0 Å². The number of hydrazone groups is 1. The van der Waals surface area contributed by atoms with Gasteiger partial charge in [0.1, 0.15) is 11.6 Å². The standard InChI is InChI=1S/C17H13F2N3S/c1-11-10-23-17(21-11)22-20-9-12-2-4-13(5-3-12)15-7-6-14(18)8-16(15)19/h2-10H,1H3,(H,21,22). The van der Waals surface area contributed by atoms with Gasteiger partial charge in [-0.05, 0) is 30.2 Å². The molecule has 3 rings (SSSR count). The molecule has 23 heavy (non-hydrogen) atoms. The highest BCUT2D eigenvalue weighted by molar-refractivity contribution is 7.13. The summed E-state index contributed by atoms with van der Waals surface area (Å²) in [6, 6.07) is 10.7. The molecule has 0 bridgehead atoms. The van der Waals surface area contributed by atoms with E-state index >= 15 is 0 Å². The Labute approximate surface area is 136 Å². The average molecular weight is 329 g/mol. The van der Waals surface area contributed by atoms with Gasteiger partial charge in [-0.1, -0.05) is 24.3 Å². The highest BCUT2D eigenvalue weighted by atomic mass is 32.1. The monoisotopic (exact) mass is 329 g/mol. The Bertz CT molecular complexity index is 841. The van der Waals surface area contributed by atoms with Crippen molar-refractivity contribution in [2.75, 3.05) is 5.43 Å². The molecule has 0 aliphatic rings. The fraction of sp³-hybridized carbons (Fsp3) is 0.0588. The minimum atomic E-state index is -0.585. The molecule has 2 aromatic carbocycles. The Balaban J connectivity index is 1.71. The zero-order chi connectivity index (χ0) is 16.2. The molecule has 0 fully saturated rings. The molecule has 0 amide bonds. The van der Waals surface area contributed by atoms with Crippen molar-refractivity contribution in [1.82, 2.24) is 4.98 Å². The summed E-state index contributed by atoms with van der Waals surface area (Å²) < 4.78 is 26.7. The number of hydrogen-bond donors (Lipinski definition) is 1. The minimum absolute atomic E-state index is 0.367. The summed E-state index contributed by atoms with van der Waals surface area (Å²) in [6.07, 6.45) is 1.65. The van der Waals surface area contributed by atoms with Crippen LogP contribution in [-0.4, -0.2) is 11.2 Å². The summed E-state index contributed by atoms with van der Waals surface area (Å²) in [6.45, 7) is 1.92. The largest absolute Gasteiger partial charge is 0.253 e. The van der Waals surface area contributed by atoms with Crippen LogP contribution in [0.4, 0.5) is 13.9 Å². The Kier molecular flexibility index (Phi) is 4.43. The predicted octanol–water partition coefficient (Wildman–Crippen LogP) is 4.84. The fourth-order valence-electron chi connectivity index (χ4n) is 2.04. The molecule has 1 aromatic heterocycles. The van der Waals surface area contributed by atoms with Crippen molar-refractivity contribution in [1.29, 1.82) is 0 Å². The van der Waals surface area contributed by atoms with E-state index in [0.29, 0.717) is 11.1 Å². The van der Waals surface area contributed by atoms with Gasteiger partial charge >= 0.3 is 0 Å². The van der Waals surface area contributed by atoms with Crippen LogP contribution in [0.15, 0.2) is 52.9 Å². The van der Waals surface area contributed by atoms with Crippen molar-refractivity contribution in [3.05, 3.63) is 70.7 Å². The predicted molar refractivity (Wildman–Crippen MR) is 89.9 cm³/mol. The van der Waals surface area contributed by atoms with Gasteiger partial charge in [0, 0.05) is 17.0 Å². The van der Waals surface area contributed by atoms with Gasteiger partial charge in [0.2, 0.25) is 5.13 Å². The van der Waals surface area contributed by atoms with E-state index in [4.69, 9.17) is 0 Å². The third-order valence-electron chi connectivity index (χ3n) is 3.15. The van der Waals surface area contributed by atoms with E-state index in [1.807, 2.05) is 24.4 Å². The summed E-state index contributed by atoms with van der Waals surface area (Å²) in [5.41, 5.74) is 5.70. The van der Waals surface area contributed by atoms with Gasteiger partial charge < -0.3 is 0 Å². The summed E-state index contributed by atoms with van der Waals surface area (Å²) in [5, 5.41) is 6.77. The first-order valence-electron chi connectivity index (χ1n) is 6.88. The molecule has 1 N–H and O–H groups in total. The number of aromatic nitrogens is 1. The molecule has 0 radical (unpaired) electrons. The van der Waals surface area contributed by atoms with E-state index in [1.54, 1.807) is 18.3 Å². The SMILES string of the molecule is Cc1csc(NN=Cc2ccc(-c3ccc(F)cc3F)cc2)n1. The van der Waals surface area contributed by atoms with Crippen LogP contribution in [0, 0.1) is 18.6 Å². The van der Waals surface area contributed by atoms with E-state index in [2.05, 4.69) is 15.5 Å². The molecule has 0 saturated carbocycles. The summed E-state index contributed by atoms with van der Waals surface area (Å²) in [4.78, 5) is 4.23. The lowest BCUT2D eigenvalue weighted by atomic mass is 10.0. The van der Waals surface area contributed by atoms with Gasteiger partial charge in [-0.15, -0.1) is 11.3 Å². The number of anilines is 1. The van der Waals surface area contributed by atoms with E-state index in [0.717, 1.165) is 22.5 Å². The quantitative estimate of drug-likeness (QED) is 0.549. The first kappa shape index (κ1) is 15.3. The Morgan fingerprint density at radius 2 is 1.91 bits per heavy atom. The van der Waals surface area contributed by atoms with Gasteiger partial charge in [-0.3, -0.25) is 5.43 Å². The average Bonchev–Trinajstić information content (AvgIpc) is 2.94. The Morgan fingerprint density at radius 1 is 1.13 bits per heavy atom. The van der Waals surface area contributed by atoms with Crippen LogP contribution in [0.25, 0.3) is 11.1 Å². The van der Waals surface area contributed by atoms with E-state index in [9.17, 15) is 8.78 Å². The number of halogens is 2. The molecule has 0 aliphatic carbocycles. The lowest BCUT2D eigenvalue weighted by molar-refractivity contribution is 0.585. The topological polar surface area (TPSA) is 37.3 Å². The maximum Gasteiger partial charge on any atom is 0.203 e. The number of nitrogens with one attached hydrogen (secondary N) is 1. The summed E-state index contributed by atoms with van der Waals surface area (Å²) in [5.74, 6) is -1.16. The molecule has 1 heterocycles. The number of benzene rings is 2. The van der Waals surface area contributed by atoms with E-state index in [1.165, 1.54) is 23.5 Å². The molecule has 0 saturated heterocycles. The van der Waals surface area contributed by atoms with Crippen molar-refractivity contribution >= 4 is 22.7 Å². The Hall–Kier alpha value is -2.60. The molecule has 0 atom stereocenters. The normalized spacial score (nSPS) is 11.1. The number of nitrogens with zero attached hydrogens (tertiary/aromatic N) is 2. The second kappa shape index (κ2) is 6.66. The van der Waals surface area contributed by atoms with Crippen molar-refractivity contribution < 1.29 is 8.78 Å². The first-order chi connectivity index (χ1) is 11.1. The van der Waals surface area contributed by atoms with Crippen LogP contribution in [0.5, 0.6) is 0 Å². The van der Waals surface area contributed by atoms with Crippen LogP contribution in [-0.2, 0) is 0 Å². The molecule has 116 valence electrons. The highest BCUT2D eigenvalue weighted by Gasteiger charge is 2.06. The van der Waals surface area contributed by atoms with Gasteiger partial charge in [0.25, 0.3) is 0 Å². The minimum Gasteiger partial charge on any atom is -0.253 e. The lowest BCUT2D eigenvalue weighted by Crippen LogP contribution is -1.91. The van der Waals surface area contributed by atoms with Crippen molar-refractivity contribution in [3.8, 4) is 11.1 Å². The van der Waals surface area contributed by atoms with Gasteiger partial charge in [-0.2, -0.15) is 5.10 Å². The van der Waals surface area contributed by atoms with Crippen molar-refractivity contribution in [2.24, 2.45) is 5.10 Å². The van der Waals surface area contributed by atoms with Crippen LogP contribution >= 0.6 is 11.3 Å². The molecular formula is C17H13F2N3S. The molecular weight excluding hydrogens is 316 g/mol. The molecule has 3 aromatic rings. The fourth-order valence-corrected chi connectivity index (χ4v) is 2.68. The van der Waals surface area contributed by atoms with Crippen LogP contribution in [0.2, 0.25) is 0 Å². The van der Waals surface area contributed by atoms with Crippen LogP contribution < -0.4 is 5.43 Å². The number of rotatable bonds is 4. The Morgan fingerprint density at radius 3 is 2.57 bits per heavy atom. The van der Waals surface area contributed by atoms with Gasteiger partial charge in [0.15, 0.2) is 0 Å². The zero-order valence-corrected chi connectivity index (χ0v) is 13.1. The molecule has 6 heteroatoms. The molecule has 3 nitrogen and oxygen atoms in total. The van der Waals surface area contributed by atoms with E-state index < -0.39 is 11.6 Å². The smallest absolute Gasteiger partial charge is 0.203 e. The number of aryl methyl sites for hydroxylation is 1. The molecule has 0 spiro atoms. The highest BCUT2D eigenvalue weighted by Crippen LogP contribution is 2.23. The van der Waals surface area contributed by atoms with Gasteiger partial charge in [-0.25, -0.2) is 13.8 Å². The second-order valence-corrected chi connectivity index (χ2v) is 5.77. The zero-order valence-electron chi connectivity index (χ0n) is 12.3. The maximum atomic E-state index is 13.7. The van der Waals surface area contributed by atoms with Crippen molar-refractivity contribution in [3.63, 3.8) is 0 Å². The molecule has 0 aliphatic heterocycles. The maximum absolute atomic E-state index is 13.7. The molecule has 0 unspecified atom stereocenters. The van der Waals surface area contributed by atoms with Crippen LogP contribution in [0.3, 0.4) is 0 Å². The van der Waals surface area contributed by atoms with Gasteiger partial charge in [0.05, 0.1) is 11.9 Å². The lowest BCUT2D eigenvalue weighted by Gasteiger charge is -2.04. The first-order valence-corrected chi connectivity index (χ1v) is 7.76. The van der Waals surface area contributed by atoms with Crippen LogP contribution in [0.1, 0.15) is 11.3 Å².